The first-order chi connectivity index (χ1) is 10.8. The van der Waals surface area contributed by atoms with E-state index in [1.54, 1.807) is 11.3 Å². The van der Waals surface area contributed by atoms with E-state index in [9.17, 15) is 4.79 Å². The number of amides is 1. The lowest BCUT2D eigenvalue weighted by Crippen LogP contribution is -2.32. The topological polar surface area (TPSA) is 50.4 Å². The van der Waals surface area contributed by atoms with Gasteiger partial charge in [-0.15, -0.1) is 11.3 Å². The molecule has 0 fully saturated rings. The van der Waals surface area contributed by atoms with Crippen molar-refractivity contribution in [3.63, 3.8) is 0 Å². The highest BCUT2D eigenvalue weighted by atomic mass is 32.1. The minimum absolute atomic E-state index is 0.398. The fraction of sp³-hybridized carbons (Fsp3) is 0.389. The van der Waals surface area contributed by atoms with Crippen LogP contribution in [0.4, 0.5) is 10.5 Å². The highest BCUT2D eigenvalue weighted by Crippen LogP contribution is 2.18. The second-order valence-electron chi connectivity index (χ2n) is 6.44. The van der Waals surface area contributed by atoms with Crippen LogP contribution in [0.3, 0.4) is 0 Å². The van der Waals surface area contributed by atoms with Crippen molar-refractivity contribution in [3.05, 3.63) is 51.7 Å². The highest BCUT2D eigenvalue weighted by Gasteiger charge is 2.15. The molecular weight excluding hydrogens is 308 g/mol. The van der Waals surface area contributed by atoms with Gasteiger partial charge >= 0.3 is 6.09 Å². The Bertz CT molecular complexity index is 659. The zero-order chi connectivity index (χ0) is 16.9. The Morgan fingerprint density at radius 3 is 2.65 bits per heavy atom. The lowest BCUT2D eigenvalue weighted by Gasteiger charge is -2.19. The molecule has 1 aromatic carbocycles. The smallest absolute Gasteiger partial charge is 0.407 e. The zero-order valence-corrected chi connectivity index (χ0v) is 14.9. The van der Waals surface area contributed by atoms with Gasteiger partial charge in [0.1, 0.15) is 5.60 Å². The van der Waals surface area contributed by atoms with Gasteiger partial charge in [0.25, 0.3) is 0 Å². The lowest BCUT2D eigenvalue weighted by molar-refractivity contribution is 0.0523. The fourth-order valence-corrected chi connectivity index (χ4v) is 2.89. The SMILES string of the molecule is Cc1ccsc1CNc1cccc(CNC(=O)OC(C)(C)C)c1. The van der Waals surface area contributed by atoms with Crippen molar-refractivity contribution < 1.29 is 9.53 Å². The number of nitrogens with one attached hydrogen (secondary N) is 2. The molecule has 0 radical (unpaired) electrons. The molecule has 4 nitrogen and oxygen atoms in total. The van der Waals surface area contributed by atoms with Crippen LogP contribution < -0.4 is 10.6 Å². The summed E-state index contributed by atoms with van der Waals surface area (Å²) in [4.78, 5) is 13.0. The van der Waals surface area contributed by atoms with E-state index in [-0.39, 0.29) is 0 Å². The first kappa shape index (κ1) is 17.3. The monoisotopic (exact) mass is 332 g/mol. The third-order valence-electron chi connectivity index (χ3n) is 3.18. The third-order valence-corrected chi connectivity index (χ3v) is 4.21. The van der Waals surface area contributed by atoms with Crippen LogP contribution >= 0.6 is 11.3 Å². The van der Waals surface area contributed by atoms with Crippen LogP contribution in [-0.2, 0) is 17.8 Å². The van der Waals surface area contributed by atoms with Gasteiger partial charge in [0.15, 0.2) is 0 Å². The van der Waals surface area contributed by atoms with Crippen molar-refractivity contribution in [1.82, 2.24) is 5.32 Å². The second-order valence-corrected chi connectivity index (χ2v) is 7.44. The molecule has 5 heteroatoms. The Morgan fingerprint density at radius 1 is 1.22 bits per heavy atom. The van der Waals surface area contributed by atoms with Crippen LogP contribution in [0, 0.1) is 6.92 Å². The van der Waals surface area contributed by atoms with Crippen molar-refractivity contribution in [2.45, 2.75) is 46.4 Å². The predicted octanol–water partition coefficient (Wildman–Crippen LogP) is 4.69. The molecular formula is C18H24N2O2S. The standard InChI is InChI=1S/C18H24N2O2S/c1-13-8-9-23-16(13)12-19-15-7-5-6-14(10-15)11-20-17(21)22-18(2,3)4/h5-10,19H,11-12H2,1-4H3,(H,20,21). The van der Waals surface area contributed by atoms with Crippen molar-refractivity contribution in [2.24, 2.45) is 0 Å². The molecule has 2 rings (SSSR count). The minimum atomic E-state index is -0.480. The second kappa shape index (κ2) is 7.51. The first-order valence-corrected chi connectivity index (χ1v) is 8.54. The molecule has 0 unspecified atom stereocenters. The van der Waals surface area contributed by atoms with Crippen LogP contribution in [0.15, 0.2) is 35.7 Å². The van der Waals surface area contributed by atoms with Crippen LogP contribution in [0.5, 0.6) is 0 Å². The van der Waals surface area contributed by atoms with E-state index in [0.29, 0.717) is 6.54 Å². The summed E-state index contributed by atoms with van der Waals surface area (Å²) in [6, 6.07) is 10.2. The number of anilines is 1. The Kier molecular flexibility index (Phi) is 5.66. The maximum absolute atomic E-state index is 11.7. The van der Waals surface area contributed by atoms with E-state index >= 15 is 0 Å². The van der Waals surface area contributed by atoms with Gasteiger partial charge in [0.2, 0.25) is 0 Å². The van der Waals surface area contributed by atoms with Gasteiger partial charge < -0.3 is 15.4 Å². The van der Waals surface area contributed by atoms with Gasteiger partial charge in [-0.1, -0.05) is 12.1 Å². The number of carbonyl (C=O) groups excluding carboxylic acids is 1. The molecule has 0 spiro atoms. The summed E-state index contributed by atoms with van der Waals surface area (Å²) in [7, 11) is 0. The van der Waals surface area contributed by atoms with E-state index < -0.39 is 11.7 Å². The molecule has 0 atom stereocenters. The summed E-state index contributed by atoms with van der Waals surface area (Å²) in [5.74, 6) is 0. The Hall–Kier alpha value is -2.01. The molecule has 0 aliphatic heterocycles. The molecule has 1 heterocycles. The Balaban J connectivity index is 1.87. The van der Waals surface area contributed by atoms with Crippen LogP contribution in [-0.4, -0.2) is 11.7 Å². The van der Waals surface area contributed by atoms with Gasteiger partial charge in [-0.3, -0.25) is 0 Å². The average molecular weight is 332 g/mol. The molecule has 0 saturated heterocycles. The number of aryl methyl sites for hydroxylation is 1. The van der Waals surface area contributed by atoms with E-state index in [1.165, 1.54) is 10.4 Å². The summed E-state index contributed by atoms with van der Waals surface area (Å²) >= 11 is 1.76. The number of ether oxygens (including phenoxy) is 1. The first-order valence-electron chi connectivity index (χ1n) is 7.66. The Labute approximate surface area is 141 Å². The quantitative estimate of drug-likeness (QED) is 0.835. The number of carbonyl (C=O) groups is 1. The zero-order valence-electron chi connectivity index (χ0n) is 14.1. The van der Waals surface area contributed by atoms with Gasteiger partial charge in [-0.2, -0.15) is 0 Å². The molecule has 0 aliphatic carbocycles. The molecule has 2 N–H and O–H groups in total. The molecule has 23 heavy (non-hydrogen) atoms. The fourth-order valence-electron chi connectivity index (χ4n) is 2.05. The summed E-state index contributed by atoms with van der Waals surface area (Å²) in [5.41, 5.74) is 2.90. The number of rotatable bonds is 5. The minimum Gasteiger partial charge on any atom is -0.444 e. The van der Waals surface area contributed by atoms with Crippen molar-refractivity contribution in [1.29, 1.82) is 0 Å². The largest absolute Gasteiger partial charge is 0.444 e. The van der Waals surface area contributed by atoms with Crippen LogP contribution in [0.1, 0.15) is 36.8 Å². The highest BCUT2D eigenvalue weighted by molar-refractivity contribution is 7.10. The van der Waals surface area contributed by atoms with Crippen molar-refractivity contribution in [2.75, 3.05) is 5.32 Å². The molecule has 124 valence electrons. The van der Waals surface area contributed by atoms with E-state index in [2.05, 4.69) is 29.0 Å². The normalized spacial score (nSPS) is 11.1. The van der Waals surface area contributed by atoms with Crippen LogP contribution in [0.25, 0.3) is 0 Å². The van der Waals surface area contributed by atoms with E-state index in [0.717, 1.165) is 17.8 Å². The third kappa shape index (κ3) is 5.94. The van der Waals surface area contributed by atoms with Gasteiger partial charge in [0.05, 0.1) is 0 Å². The molecule has 0 saturated carbocycles. The summed E-state index contributed by atoms with van der Waals surface area (Å²) < 4.78 is 5.24. The number of alkyl carbamates (subject to hydrolysis) is 1. The summed E-state index contributed by atoms with van der Waals surface area (Å²) in [5, 5.41) is 8.30. The maximum Gasteiger partial charge on any atom is 0.407 e. The number of hydrogen-bond donors (Lipinski definition) is 2. The number of benzene rings is 1. The van der Waals surface area contributed by atoms with Crippen molar-refractivity contribution >= 4 is 23.1 Å². The molecule has 1 aromatic heterocycles. The van der Waals surface area contributed by atoms with E-state index in [4.69, 9.17) is 4.74 Å². The number of hydrogen-bond acceptors (Lipinski definition) is 4. The van der Waals surface area contributed by atoms with E-state index in [1.807, 2.05) is 45.0 Å². The molecule has 0 aliphatic rings. The summed E-state index contributed by atoms with van der Waals surface area (Å²) in [6.45, 7) is 8.93. The van der Waals surface area contributed by atoms with Gasteiger partial charge in [-0.05, 0) is 62.4 Å². The molecule has 2 aromatic rings. The predicted molar refractivity (Wildman–Crippen MR) is 95.9 cm³/mol. The number of thiophene rings is 1. The summed E-state index contributed by atoms with van der Waals surface area (Å²) in [6.07, 6.45) is -0.398. The molecule has 1 amide bonds. The lowest BCUT2D eigenvalue weighted by atomic mass is 10.2. The van der Waals surface area contributed by atoms with Crippen LogP contribution in [0.2, 0.25) is 0 Å². The molecule has 0 bridgehead atoms. The van der Waals surface area contributed by atoms with Gasteiger partial charge in [-0.25, -0.2) is 4.79 Å². The average Bonchev–Trinajstić information content (AvgIpc) is 2.87. The van der Waals surface area contributed by atoms with Gasteiger partial charge in [0, 0.05) is 23.7 Å². The maximum atomic E-state index is 11.7. The Morgan fingerprint density at radius 2 is 2.00 bits per heavy atom. The van der Waals surface area contributed by atoms with Crippen molar-refractivity contribution in [3.8, 4) is 0 Å².